The van der Waals surface area contributed by atoms with Gasteiger partial charge in [-0.2, -0.15) is 0 Å². The number of aryl methyl sites for hydroxylation is 1. The van der Waals surface area contributed by atoms with Crippen LogP contribution in [-0.4, -0.2) is 21.6 Å². The first kappa shape index (κ1) is 16.0. The molecule has 0 N–H and O–H groups in total. The lowest BCUT2D eigenvalue weighted by Crippen LogP contribution is -2.13. The lowest BCUT2D eigenvalue weighted by atomic mass is 9.87. The smallest absolute Gasteiger partial charge is 0.121 e. The minimum absolute atomic E-state index is 0.0481. The normalized spacial score (nSPS) is 15.7. The zero-order valence-electron chi connectivity index (χ0n) is 14.8. The van der Waals surface area contributed by atoms with Gasteiger partial charge in [0.2, 0.25) is 0 Å². The number of rotatable bonds is 4. The van der Waals surface area contributed by atoms with E-state index in [1.165, 1.54) is 16.7 Å². The van der Waals surface area contributed by atoms with Crippen molar-refractivity contribution < 1.29 is 4.74 Å². The fourth-order valence-corrected chi connectivity index (χ4v) is 3.59. The average Bonchev–Trinajstić information content (AvgIpc) is 3.01. The quantitative estimate of drug-likeness (QED) is 0.657. The highest BCUT2D eigenvalue weighted by atomic mass is 16.5. The van der Waals surface area contributed by atoms with Crippen LogP contribution in [0.5, 0.6) is 0 Å². The molecule has 0 amide bonds. The topological polar surface area (TPSA) is 39.9 Å². The van der Waals surface area contributed by atoms with Crippen molar-refractivity contribution in [3.63, 3.8) is 0 Å². The van der Waals surface area contributed by atoms with E-state index < -0.39 is 0 Å². The number of fused-ring (bicyclic) bond motifs is 5. The summed E-state index contributed by atoms with van der Waals surface area (Å²) in [7, 11) is 1.96. The van der Waals surface area contributed by atoms with Crippen LogP contribution < -0.4 is 0 Å². The average molecular weight is 333 g/mol. The number of benzene rings is 2. The number of nitrogens with zero attached hydrogens (tertiary/aromatic N) is 3. The molecule has 1 aliphatic rings. The van der Waals surface area contributed by atoms with Gasteiger partial charge in [-0.15, -0.1) is 5.10 Å². The summed E-state index contributed by atoms with van der Waals surface area (Å²) >= 11 is 0. The molecule has 0 bridgehead atoms. The standard InChI is InChI=1S/C21H23N3O/c1-3-4-13-25-19-14-15-9-5-6-10-16(15)20-21(24(2)23-22-20)18-12-8-7-11-17(18)19/h5-12,19H,3-4,13-14H2,1-2H3. The maximum atomic E-state index is 6.32. The summed E-state index contributed by atoms with van der Waals surface area (Å²) in [4.78, 5) is 0. The van der Waals surface area contributed by atoms with E-state index >= 15 is 0 Å². The minimum Gasteiger partial charge on any atom is -0.373 e. The number of hydrogen-bond acceptors (Lipinski definition) is 3. The summed E-state index contributed by atoms with van der Waals surface area (Å²) in [6.45, 7) is 2.98. The fourth-order valence-electron chi connectivity index (χ4n) is 3.59. The van der Waals surface area contributed by atoms with Gasteiger partial charge >= 0.3 is 0 Å². The molecule has 4 heteroatoms. The van der Waals surface area contributed by atoms with E-state index in [0.29, 0.717) is 0 Å². The van der Waals surface area contributed by atoms with Crippen LogP contribution in [0.2, 0.25) is 0 Å². The predicted octanol–water partition coefficient (Wildman–Crippen LogP) is 4.56. The van der Waals surface area contributed by atoms with Gasteiger partial charge in [-0.25, -0.2) is 4.68 Å². The second-order valence-corrected chi connectivity index (χ2v) is 6.57. The summed E-state index contributed by atoms with van der Waals surface area (Å²) in [5, 5.41) is 8.78. The Balaban J connectivity index is 1.91. The van der Waals surface area contributed by atoms with Gasteiger partial charge in [-0.05, 0) is 17.5 Å². The van der Waals surface area contributed by atoms with E-state index in [1.54, 1.807) is 0 Å². The first-order valence-electron chi connectivity index (χ1n) is 8.98. The highest BCUT2D eigenvalue weighted by Crippen LogP contribution is 2.41. The van der Waals surface area contributed by atoms with Crippen LogP contribution in [0.1, 0.15) is 37.0 Å². The summed E-state index contributed by atoms with van der Waals surface area (Å²) < 4.78 is 8.20. The molecular formula is C21H23N3O. The van der Waals surface area contributed by atoms with Gasteiger partial charge in [0.05, 0.1) is 11.8 Å². The molecule has 1 atom stereocenters. The number of unbranched alkanes of at least 4 members (excludes halogenated alkanes) is 1. The van der Waals surface area contributed by atoms with E-state index in [2.05, 4.69) is 65.8 Å². The first-order valence-corrected chi connectivity index (χ1v) is 8.98. The molecule has 4 rings (SSSR count). The van der Waals surface area contributed by atoms with Crippen molar-refractivity contribution in [3.05, 3.63) is 59.7 Å². The Morgan fingerprint density at radius 1 is 1.08 bits per heavy atom. The van der Waals surface area contributed by atoms with Gasteiger partial charge in [0.15, 0.2) is 0 Å². The molecule has 2 aromatic carbocycles. The third-order valence-electron chi connectivity index (χ3n) is 4.88. The summed E-state index contributed by atoms with van der Waals surface area (Å²) in [5.74, 6) is 0. The van der Waals surface area contributed by atoms with E-state index in [-0.39, 0.29) is 6.10 Å². The molecular weight excluding hydrogens is 310 g/mol. The second kappa shape index (κ2) is 6.81. The third kappa shape index (κ3) is 2.87. The molecule has 0 saturated heterocycles. The fraction of sp³-hybridized carbons (Fsp3) is 0.333. The molecule has 0 aliphatic heterocycles. The molecule has 0 spiro atoms. The van der Waals surface area contributed by atoms with Crippen LogP contribution in [0.25, 0.3) is 22.5 Å². The first-order chi connectivity index (χ1) is 12.3. The van der Waals surface area contributed by atoms with Crippen LogP contribution in [-0.2, 0) is 18.2 Å². The summed E-state index contributed by atoms with van der Waals surface area (Å²) in [6, 6.07) is 17.0. The van der Waals surface area contributed by atoms with Crippen molar-refractivity contribution in [2.24, 2.45) is 7.05 Å². The molecule has 1 heterocycles. The van der Waals surface area contributed by atoms with E-state index in [1.807, 2.05) is 11.7 Å². The third-order valence-corrected chi connectivity index (χ3v) is 4.88. The molecule has 4 nitrogen and oxygen atoms in total. The monoisotopic (exact) mass is 333 g/mol. The van der Waals surface area contributed by atoms with Gasteiger partial charge in [0.25, 0.3) is 0 Å². The van der Waals surface area contributed by atoms with Gasteiger partial charge in [-0.3, -0.25) is 0 Å². The van der Waals surface area contributed by atoms with Gasteiger partial charge in [0.1, 0.15) is 5.69 Å². The Morgan fingerprint density at radius 2 is 1.84 bits per heavy atom. The molecule has 1 aromatic heterocycles. The maximum Gasteiger partial charge on any atom is 0.121 e. The molecule has 0 saturated carbocycles. The molecule has 1 aliphatic carbocycles. The highest BCUT2D eigenvalue weighted by molar-refractivity contribution is 5.82. The van der Waals surface area contributed by atoms with E-state index in [0.717, 1.165) is 42.8 Å². The van der Waals surface area contributed by atoms with Crippen molar-refractivity contribution in [3.8, 4) is 22.5 Å². The Morgan fingerprint density at radius 3 is 2.68 bits per heavy atom. The highest BCUT2D eigenvalue weighted by Gasteiger charge is 2.27. The zero-order valence-corrected chi connectivity index (χ0v) is 14.8. The van der Waals surface area contributed by atoms with Crippen LogP contribution in [0.15, 0.2) is 48.5 Å². The molecule has 128 valence electrons. The van der Waals surface area contributed by atoms with Crippen LogP contribution >= 0.6 is 0 Å². The summed E-state index contributed by atoms with van der Waals surface area (Å²) in [6.07, 6.45) is 3.12. The van der Waals surface area contributed by atoms with E-state index in [9.17, 15) is 0 Å². The Labute approximate surface area is 148 Å². The maximum absolute atomic E-state index is 6.32. The molecule has 0 fully saturated rings. The van der Waals surface area contributed by atoms with Gasteiger partial charge < -0.3 is 4.74 Å². The van der Waals surface area contributed by atoms with Crippen molar-refractivity contribution in [2.75, 3.05) is 6.61 Å². The Kier molecular flexibility index (Phi) is 4.36. The molecule has 1 unspecified atom stereocenters. The van der Waals surface area contributed by atoms with Crippen molar-refractivity contribution in [1.82, 2.24) is 15.0 Å². The van der Waals surface area contributed by atoms with Crippen molar-refractivity contribution >= 4 is 0 Å². The second-order valence-electron chi connectivity index (χ2n) is 6.57. The van der Waals surface area contributed by atoms with Crippen molar-refractivity contribution in [2.45, 2.75) is 32.3 Å². The molecule has 0 radical (unpaired) electrons. The minimum atomic E-state index is 0.0481. The van der Waals surface area contributed by atoms with Crippen LogP contribution in [0.4, 0.5) is 0 Å². The SMILES string of the molecule is CCCCOC1Cc2ccccc2-c2nnn(C)c2-c2ccccc21. The van der Waals surface area contributed by atoms with Crippen LogP contribution in [0.3, 0.4) is 0 Å². The Hall–Kier alpha value is -2.46. The van der Waals surface area contributed by atoms with E-state index in [4.69, 9.17) is 4.74 Å². The predicted molar refractivity (Wildman–Crippen MR) is 99.2 cm³/mol. The van der Waals surface area contributed by atoms with Crippen LogP contribution in [0, 0.1) is 0 Å². The number of ether oxygens (including phenoxy) is 1. The number of hydrogen-bond donors (Lipinski definition) is 0. The lowest BCUT2D eigenvalue weighted by Gasteiger charge is -2.25. The molecule has 25 heavy (non-hydrogen) atoms. The molecule has 3 aromatic rings. The summed E-state index contributed by atoms with van der Waals surface area (Å²) in [5.41, 5.74) is 6.83. The number of aromatic nitrogens is 3. The van der Waals surface area contributed by atoms with Gasteiger partial charge in [0, 0.05) is 31.2 Å². The van der Waals surface area contributed by atoms with Gasteiger partial charge in [-0.1, -0.05) is 67.1 Å². The Bertz CT molecular complexity index is 884. The van der Waals surface area contributed by atoms with Crippen molar-refractivity contribution in [1.29, 1.82) is 0 Å². The largest absolute Gasteiger partial charge is 0.373 e. The zero-order chi connectivity index (χ0) is 17.2. The lowest BCUT2D eigenvalue weighted by molar-refractivity contribution is 0.0512.